The fourth-order valence-corrected chi connectivity index (χ4v) is 2.92. The molecule has 1 aliphatic rings. The van der Waals surface area contributed by atoms with Gasteiger partial charge in [0.2, 0.25) is 6.79 Å². The molecule has 8 heteroatoms. The van der Waals surface area contributed by atoms with Gasteiger partial charge in [0.05, 0.1) is 10.7 Å². The maximum Gasteiger partial charge on any atom is 0.288 e. The summed E-state index contributed by atoms with van der Waals surface area (Å²) in [5, 5.41) is 2.85. The van der Waals surface area contributed by atoms with E-state index in [4.69, 9.17) is 21.1 Å². The molecular formula is C15H10ClF2NO3S. The summed E-state index contributed by atoms with van der Waals surface area (Å²) in [5.74, 6) is -2.30. The molecule has 0 saturated carbocycles. The van der Waals surface area contributed by atoms with Crippen LogP contribution in [0, 0.1) is 0 Å². The molecule has 0 unspecified atom stereocenters. The Labute approximate surface area is 139 Å². The molecule has 0 atom stereocenters. The highest BCUT2D eigenvalue weighted by Gasteiger charge is 2.21. The molecular weight excluding hydrogens is 348 g/mol. The topological polar surface area (TPSA) is 47.6 Å². The first-order chi connectivity index (χ1) is 11.0. The first-order valence-electron chi connectivity index (χ1n) is 6.49. The lowest BCUT2D eigenvalue weighted by molar-refractivity contribution is 0.102. The molecule has 1 amide bonds. The molecule has 0 spiro atoms. The van der Waals surface area contributed by atoms with Crippen molar-refractivity contribution in [2.45, 2.75) is 10.7 Å². The van der Waals surface area contributed by atoms with Crippen molar-refractivity contribution in [2.75, 3.05) is 12.1 Å². The minimum atomic E-state index is -2.58. The van der Waals surface area contributed by atoms with Gasteiger partial charge in [-0.05, 0) is 24.3 Å². The van der Waals surface area contributed by atoms with Crippen LogP contribution in [-0.2, 0) is 0 Å². The number of carbonyl (C=O) groups is 1. The van der Waals surface area contributed by atoms with Gasteiger partial charge in [0.15, 0.2) is 11.5 Å². The molecule has 0 aromatic heterocycles. The van der Waals surface area contributed by atoms with Crippen LogP contribution in [0.2, 0.25) is 5.02 Å². The fourth-order valence-electron chi connectivity index (χ4n) is 2.06. The number of anilines is 1. The molecule has 23 heavy (non-hydrogen) atoms. The maximum absolute atomic E-state index is 12.6. The van der Waals surface area contributed by atoms with Crippen molar-refractivity contribution < 1.29 is 23.0 Å². The third kappa shape index (κ3) is 3.51. The number of hydrogen-bond acceptors (Lipinski definition) is 4. The van der Waals surface area contributed by atoms with Crippen LogP contribution in [0.3, 0.4) is 0 Å². The van der Waals surface area contributed by atoms with E-state index in [1.54, 1.807) is 18.2 Å². The van der Waals surface area contributed by atoms with Gasteiger partial charge in [0.25, 0.3) is 11.7 Å². The third-order valence-corrected chi connectivity index (χ3v) is 4.11. The Hall–Kier alpha value is -1.99. The number of benzene rings is 2. The molecule has 1 N–H and O–H groups in total. The normalized spacial score (nSPS) is 12.5. The number of para-hydroxylation sites is 1. The monoisotopic (exact) mass is 357 g/mol. The Morgan fingerprint density at radius 3 is 2.83 bits per heavy atom. The zero-order chi connectivity index (χ0) is 16.4. The van der Waals surface area contributed by atoms with Crippen molar-refractivity contribution in [1.29, 1.82) is 0 Å². The minimum Gasteiger partial charge on any atom is -0.454 e. The van der Waals surface area contributed by atoms with Gasteiger partial charge in [-0.25, -0.2) is 0 Å². The predicted molar refractivity (Wildman–Crippen MR) is 83.8 cm³/mol. The van der Waals surface area contributed by atoms with Crippen molar-refractivity contribution in [3.05, 3.63) is 47.0 Å². The number of hydrogen-bond donors (Lipinski definition) is 1. The van der Waals surface area contributed by atoms with E-state index in [2.05, 4.69) is 5.32 Å². The molecule has 3 rings (SSSR count). The number of rotatable bonds is 4. The number of ether oxygens (including phenoxy) is 2. The quantitative estimate of drug-likeness (QED) is 0.810. The lowest BCUT2D eigenvalue weighted by atomic mass is 10.2. The van der Waals surface area contributed by atoms with Gasteiger partial charge in [0, 0.05) is 10.5 Å². The minimum absolute atomic E-state index is 0.0357. The van der Waals surface area contributed by atoms with Gasteiger partial charge in [-0.3, -0.25) is 4.79 Å². The lowest BCUT2D eigenvalue weighted by Gasteiger charge is -2.11. The Morgan fingerprint density at radius 1 is 1.26 bits per heavy atom. The van der Waals surface area contributed by atoms with Crippen molar-refractivity contribution >= 4 is 35.0 Å². The lowest BCUT2D eigenvalue weighted by Crippen LogP contribution is -2.12. The van der Waals surface area contributed by atoms with Crippen LogP contribution in [0.4, 0.5) is 14.5 Å². The number of alkyl halides is 2. The summed E-state index contributed by atoms with van der Waals surface area (Å²) in [6, 6.07) is 9.27. The summed E-state index contributed by atoms with van der Waals surface area (Å²) in [4.78, 5) is 12.6. The average molecular weight is 358 g/mol. The molecule has 0 aliphatic carbocycles. The van der Waals surface area contributed by atoms with Crippen LogP contribution in [-0.4, -0.2) is 18.5 Å². The summed E-state index contributed by atoms with van der Waals surface area (Å²) < 4.78 is 35.5. The fraction of sp³-hybridized carbons (Fsp3) is 0.133. The second-order valence-electron chi connectivity index (χ2n) is 4.52. The van der Waals surface area contributed by atoms with Gasteiger partial charge in [-0.1, -0.05) is 35.5 Å². The number of fused-ring (bicyclic) bond motifs is 1. The zero-order valence-electron chi connectivity index (χ0n) is 11.5. The van der Waals surface area contributed by atoms with Crippen LogP contribution in [0.25, 0.3) is 0 Å². The van der Waals surface area contributed by atoms with Gasteiger partial charge in [-0.15, -0.1) is 0 Å². The molecule has 1 aliphatic heterocycles. The highest BCUT2D eigenvalue weighted by atomic mass is 35.5. The molecule has 0 bridgehead atoms. The van der Waals surface area contributed by atoms with Crippen LogP contribution in [0.1, 0.15) is 10.4 Å². The van der Waals surface area contributed by atoms with Gasteiger partial charge in [0.1, 0.15) is 0 Å². The van der Waals surface area contributed by atoms with Crippen LogP contribution in [0.15, 0.2) is 41.3 Å². The van der Waals surface area contributed by atoms with Crippen LogP contribution < -0.4 is 14.8 Å². The first kappa shape index (κ1) is 15.9. The molecule has 120 valence electrons. The zero-order valence-corrected chi connectivity index (χ0v) is 13.1. The standard InChI is InChI=1S/C15H10ClF2NO3S/c16-9-5-8(6-11-13(9)22-7-21-11)14(20)19-10-3-1-2-4-12(10)23-15(17)18/h1-6,15H,7H2,(H,19,20). The van der Waals surface area contributed by atoms with E-state index in [-0.39, 0.29) is 22.3 Å². The van der Waals surface area contributed by atoms with Crippen LogP contribution in [0.5, 0.6) is 11.5 Å². The van der Waals surface area contributed by atoms with Crippen LogP contribution >= 0.6 is 23.4 Å². The highest BCUT2D eigenvalue weighted by molar-refractivity contribution is 7.99. The third-order valence-electron chi connectivity index (χ3n) is 3.04. The highest BCUT2D eigenvalue weighted by Crippen LogP contribution is 2.40. The van der Waals surface area contributed by atoms with E-state index in [0.717, 1.165) is 0 Å². The van der Waals surface area contributed by atoms with Crippen molar-refractivity contribution in [3.63, 3.8) is 0 Å². The number of halogens is 3. The Morgan fingerprint density at radius 2 is 2.04 bits per heavy atom. The number of thioether (sulfide) groups is 1. The predicted octanol–water partition coefficient (Wildman–Crippen LogP) is 4.64. The van der Waals surface area contributed by atoms with Crippen molar-refractivity contribution in [1.82, 2.24) is 0 Å². The van der Waals surface area contributed by atoms with Crippen molar-refractivity contribution in [2.24, 2.45) is 0 Å². The Kier molecular flexibility index (Phi) is 4.58. The van der Waals surface area contributed by atoms with Gasteiger partial charge < -0.3 is 14.8 Å². The molecule has 2 aromatic rings. The van der Waals surface area contributed by atoms with E-state index >= 15 is 0 Å². The molecule has 0 saturated heterocycles. The number of amides is 1. The van der Waals surface area contributed by atoms with E-state index in [1.165, 1.54) is 18.2 Å². The summed E-state index contributed by atoms with van der Waals surface area (Å²) in [5.41, 5.74) is 0.549. The first-order valence-corrected chi connectivity index (χ1v) is 7.74. The summed E-state index contributed by atoms with van der Waals surface area (Å²) in [6.07, 6.45) is 0. The van der Waals surface area contributed by atoms with Crippen molar-refractivity contribution in [3.8, 4) is 11.5 Å². The maximum atomic E-state index is 12.6. The number of carbonyl (C=O) groups excluding carboxylic acids is 1. The average Bonchev–Trinajstić information content (AvgIpc) is 2.97. The molecule has 2 aromatic carbocycles. The smallest absolute Gasteiger partial charge is 0.288 e. The number of nitrogens with one attached hydrogen (secondary N) is 1. The molecule has 0 radical (unpaired) electrons. The van der Waals surface area contributed by atoms with E-state index in [1.807, 2.05) is 0 Å². The molecule has 0 fully saturated rings. The largest absolute Gasteiger partial charge is 0.454 e. The van der Waals surface area contributed by atoms with E-state index in [0.29, 0.717) is 28.9 Å². The molecule has 4 nitrogen and oxygen atoms in total. The summed E-state index contributed by atoms with van der Waals surface area (Å²) in [7, 11) is 0. The summed E-state index contributed by atoms with van der Waals surface area (Å²) >= 11 is 6.40. The molecule has 1 heterocycles. The second-order valence-corrected chi connectivity index (χ2v) is 5.96. The Balaban J connectivity index is 1.84. The van der Waals surface area contributed by atoms with E-state index in [9.17, 15) is 13.6 Å². The SMILES string of the molecule is O=C(Nc1ccccc1SC(F)F)c1cc(Cl)c2c(c1)OCO2. The summed E-state index contributed by atoms with van der Waals surface area (Å²) in [6.45, 7) is 0.0357. The Bertz CT molecular complexity index is 757. The van der Waals surface area contributed by atoms with E-state index < -0.39 is 11.7 Å². The van der Waals surface area contributed by atoms with Gasteiger partial charge >= 0.3 is 0 Å². The second kappa shape index (κ2) is 6.64. The van der Waals surface area contributed by atoms with Gasteiger partial charge in [-0.2, -0.15) is 8.78 Å².